The summed E-state index contributed by atoms with van der Waals surface area (Å²) in [6, 6.07) is 20.5. The molecular weight excluding hydrogens is 404 g/mol. The molecule has 0 saturated carbocycles. The Bertz CT molecular complexity index is 841. The van der Waals surface area contributed by atoms with E-state index in [0.29, 0.717) is 18.1 Å². The lowest BCUT2D eigenvalue weighted by Crippen LogP contribution is -2.44. The fourth-order valence-electron chi connectivity index (χ4n) is 3.79. The summed E-state index contributed by atoms with van der Waals surface area (Å²) < 4.78 is 0. The summed E-state index contributed by atoms with van der Waals surface area (Å²) in [5.74, 6) is -1.80. The molecule has 6 nitrogen and oxygen atoms in total. The molecule has 6 heteroatoms. The maximum absolute atomic E-state index is 9.55. The van der Waals surface area contributed by atoms with Gasteiger partial charge in [-0.05, 0) is 48.5 Å². The second-order valence-electron chi connectivity index (χ2n) is 8.38. The van der Waals surface area contributed by atoms with Crippen molar-refractivity contribution in [2.45, 2.75) is 39.3 Å². The fraction of sp³-hybridized carbons (Fsp3) is 0.385. The van der Waals surface area contributed by atoms with E-state index in [9.17, 15) is 9.59 Å². The van der Waals surface area contributed by atoms with Crippen LogP contribution in [-0.2, 0) is 16.1 Å². The molecule has 0 atom stereocenters. The maximum atomic E-state index is 9.55. The average molecular weight is 439 g/mol. The van der Waals surface area contributed by atoms with Gasteiger partial charge in [0, 0.05) is 31.3 Å². The number of aliphatic carboxylic acids is 2. The molecule has 0 amide bonds. The molecule has 0 aromatic heterocycles. The SMILES string of the molecule is CC(C)CN(Cc1ccc(-c2ccccc2)cc1)C1CCNCC1.O=C(O)/C=C/C(=O)O. The van der Waals surface area contributed by atoms with E-state index in [-0.39, 0.29) is 0 Å². The normalized spacial score (nSPS) is 14.4. The van der Waals surface area contributed by atoms with Crippen molar-refractivity contribution in [3.05, 3.63) is 72.3 Å². The van der Waals surface area contributed by atoms with E-state index in [1.165, 1.54) is 36.1 Å². The third kappa shape index (κ3) is 9.45. The molecule has 2 aromatic carbocycles. The van der Waals surface area contributed by atoms with Crippen LogP contribution in [-0.4, -0.2) is 52.7 Å². The van der Waals surface area contributed by atoms with Crippen molar-refractivity contribution in [1.29, 1.82) is 0 Å². The zero-order valence-corrected chi connectivity index (χ0v) is 18.9. The minimum Gasteiger partial charge on any atom is -0.478 e. The molecule has 0 bridgehead atoms. The predicted molar refractivity (Wildman–Crippen MR) is 127 cm³/mol. The molecule has 1 aliphatic rings. The molecule has 0 unspecified atom stereocenters. The number of rotatable bonds is 8. The third-order valence-corrected chi connectivity index (χ3v) is 5.24. The third-order valence-electron chi connectivity index (χ3n) is 5.24. The number of piperidine rings is 1. The largest absolute Gasteiger partial charge is 0.478 e. The molecule has 3 N–H and O–H groups in total. The Kier molecular flexibility index (Phi) is 10.6. The van der Waals surface area contributed by atoms with Crippen molar-refractivity contribution in [2.24, 2.45) is 5.92 Å². The summed E-state index contributed by atoms with van der Waals surface area (Å²) in [5, 5.41) is 19.1. The average Bonchev–Trinajstić information content (AvgIpc) is 2.79. The Balaban J connectivity index is 0.000000390. The first-order valence-electron chi connectivity index (χ1n) is 11.1. The van der Waals surface area contributed by atoms with Gasteiger partial charge in [0.05, 0.1) is 0 Å². The van der Waals surface area contributed by atoms with Crippen LogP contribution in [0.2, 0.25) is 0 Å². The minimum atomic E-state index is -1.26. The summed E-state index contributed by atoms with van der Waals surface area (Å²) in [6.07, 6.45) is 3.66. The number of carboxylic acid groups (broad SMARTS) is 2. The van der Waals surface area contributed by atoms with Gasteiger partial charge >= 0.3 is 11.9 Å². The van der Waals surface area contributed by atoms with Crippen molar-refractivity contribution in [2.75, 3.05) is 19.6 Å². The predicted octanol–water partition coefficient (Wildman–Crippen LogP) is 4.28. The number of hydrogen-bond donors (Lipinski definition) is 3. The Morgan fingerprint density at radius 3 is 1.97 bits per heavy atom. The summed E-state index contributed by atoms with van der Waals surface area (Å²) in [6.45, 7) is 9.22. The van der Waals surface area contributed by atoms with Gasteiger partial charge in [0.25, 0.3) is 0 Å². The van der Waals surface area contributed by atoms with Crippen LogP contribution in [0.15, 0.2) is 66.7 Å². The van der Waals surface area contributed by atoms with E-state index in [0.717, 1.165) is 25.7 Å². The highest BCUT2D eigenvalue weighted by Gasteiger charge is 2.21. The molecule has 0 radical (unpaired) electrons. The van der Waals surface area contributed by atoms with Gasteiger partial charge in [-0.15, -0.1) is 0 Å². The quantitative estimate of drug-likeness (QED) is 0.533. The first-order valence-corrected chi connectivity index (χ1v) is 11.1. The molecule has 1 saturated heterocycles. The van der Waals surface area contributed by atoms with Crippen molar-refractivity contribution < 1.29 is 19.8 Å². The molecule has 32 heavy (non-hydrogen) atoms. The number of nitrogens with one attached hydrogen (secondary N) is 1. The van der Waals surface area contributed by atoms with Crippen LogP contribution in [0.25, 0.3) is 11.1 Å². The number of benzene rings is 2. The van der Waals surface area contributed by atoms with E-state index in [2.05, 4.69) is 78.7 Å². The minimum absolute atomic E-state index is 0.558. The molecule has 0 aliphatic carbocycles. The number of carboxylic acids is 2. The van der Waals surface area contributed by atoms with Crippen LogP contribution in [0.1, 0.15) is 32.3 Å². The smallest absolute Gasteiger partial charge is 0.328 e. The molecule has 1 fully saturated rings. The molecular formula is C26H34N2O4. The first-order chi connectivity index (χ1) is 15.3. The van der Waals surface area contributed by atoms with Gasteiger partial charge in [-0.3, -0.25) is 4.90 Å². The van der Waals surface area contributed by atoms with Crippen LogP contribution < -0.4 is 5.32 Å². The summed E-state index contributed by atoms with van der Waals surface area (Å²) in [5.41, 5.74) is 4.02. The molecule has 1 heterocycles. The molecule has 1 aliphatic heterocycles. The van der Waals surface area contributed by atoms with Gasteiger partial charge in [-0.25, -0.2) is 9.59 Å². The fourth-order valence-corrected chi connectivity index (χ4v) is 3.79. The number of carbonyl (C=O) groups is 2. The topological polar surface area (TPSA) is 89.9 Å². The highest BCUT2D eigenvalue weighted by atomic mass is 16.4. The van der Waals surface area contributed by atoms with Gasteiger partial charge in [0.1, 0.15) is 0 Å². The van der Waals surface area contributed by atoms with E-state index >= 15 is 0 Å². The lowest BCUT2D eigenvalue weighted by molar-refractivity contribution is -0.134. The van der Waals surface area contributed by atoms with E-state index in [1.54, 1.807) is 0 Å². The Hall–Kier alpha value is -2.96. The van der Waals surface area contributed by atoms with Crippen LogP contribution in [0.5, 0.6) is 0 Å². The van der Waals surface area contributed by atoms with Gasteiger partial charge in [-0.1, -0.05) is 68.4 Å². The van der Waals surface area contributed by atoms with Gasteiger partial charge in [0.2, 0.25) is 0 Å². The number of hydrogen-bond acceptors (Lipinski definition) is 4. The first kappa shape index (κ1) is 25.3. The van der Waals surface area contributed by atoms with Gasteiger partial charge < -0.3 is 15.5 Å². The van der Waals surface area contributed by atoms with Crippen molar-refractivity contribution in [3.63, 3.8) is 0 Å². The lowest BCUT2D eigenvalue weighted by Gasteiger charge is -2.36. The highest BCUT2D eigenvalue weighted by molar-refractivity contribution is 5.89. The van der Waals surface area contributed by atoms with Crippen molar-refractivity contribution in [1.82, 2.24) is 10.2 Å². The maximum Gasteiger partial charge on any atom is 0.328 e. The van der Waals surface area contributed by atoms with Crippen LogP contribution in [0.4, 0.5) is 0 Å². The molecule has 0 spiro atoms. The summed E-state index contributed by atoms with van der Waals surface area (Å²) >= 11 is 0. The van der Waals surface area contributed by atoms with E-state index in [1.807, 2.05) is 0 Å². The second-order valence-corrected chi connectivity index (χ2v) is 8.38. The Morgan fingerprint density at radius 1 is 0.938 bits per heavy atom. The molecule has 3 rings (SSSR count). The monoisotopic (exact) mass is 438 g/mol. The zero-order valence-electron chi connectivity index (χ0n) is 18.9. The summed E-state index contributed by atoms with van der Waals surface area (Å²) in [7, 11) is 0. The van der Waals surface area contributed by atoms with Gasteiger partial charge in [-0.2, -0.15) is 0 Å². The van der Waals surface area contributed by atoms with Crippen LogP contribution in [0, 0.1) is 5.92 Å². The standard InChI is InChI=1S/C22H30N2.C4H4O4/c1-18(2)16-24(22-12-14-23-15-13-22)17-19-8-10-21(11-9-19)20-6-4-3-5-7-20;5-3(6)1-2-4(7)8/h3-11,18,22-23H,12-17H2,1-2H3;1-2H,(H,5,6)(H,7,8)/b;2-1+. The molecule has 172 valence electrons. The molecule has 2 aromatic rings. The Morgan fingerprint density at radius 2 is 1.47 bits per heavy atom. The van der Waals surface area contributed by atoms with Crippen molar-refractivity contribution in [3.8, 4) is 11.1 Å². The second kappa shape index (κ2) is 13.5. The van der Waals surface area contributed by atoms with Crippen LogP contribution in [0.3, 0.4) is 0 Å². The van der Waals surface area contributed by atoms with E-state index < -0.39 is 11.9 Å². The van der Waals surface area contributed by atoms with Crippen LogP contribution >= 0.6 is 0 Å². The number of nitrogens with zero attached hydrogens (tertiary/aromatic N) is 1. The van der Waals surface area contributed by atoms with Crippen molar-refractivity contribution >= 4 is 11.9 Å². The zero-order chi connectivity index (χ0) is 23.3. The highest BCUT2D eigenvalue weighted by Crippen LogP contribution is 2.22. The lowest BCUT2D eigenvalue weighted by atomic mass is 10.0. The Labute approximate surface area is 190 Å². The summed E-state index contributed by atoms with van der Waals surface area (Å²) in [4.78, 5) is 21.8. The van der Waals surface area contributed by atoms with E-state index in [4.69, 9.17) is 10.2 Å². The van der Waals surface area contributed by atoms with Gasteiger partial charge in [0.15, 0.2) is 0 Å².